The summed E-state index contributed by atoms with van der Waals surface area (Å²) in [7, 11) is 0. The highest BCUT2D eigenvalue weighted by Gasteiger charge is 2.40. The van der Waals surface area contributed by atoms with E-state index in [2.05, 4.69) is 112 Å². The van der Waals surface area contributed by atoms with Crippen molar-refractivity contribution in [3.63, 3.8) is 0 Å². The summed E-state index contributed by atoms with van der Waals surface area (Å²) in [6.45, 7) is 0.111. The Balaban J connectivity index is 1.44. The molecule has 5 heteroatoms. The molecular weight excluding hydrogens is 441 g/mol. The number of aromatic nitrogens is 3. The Kier molecular flexibility index (Phi) is 3.33. The molecule has 0 saturated carbocycles. The third kappa shape index (κ3) is 2.19. The van der Waals surface area contributed by atoms with Gasteiger partial charge in [-0.15, -0.1) is 0 Å². The van der Waals surface area contributed by atoms with Crippen LogP contribution in [0.3, 0.4) is 0 Å². The molecule has 4 nitrogen and oxygen atoms in total. The summed E-state index contributed by atoms with van der Waals surface area (Å²) in [5.74, 6) is 1.83. The molecule has 0 radical (unpaired) electrons. The molecule has 0 atom stereocenters. The minimum Gasteiger partial charge on any atom is -0.458 e. The quantitative estimate of drug-likeness (QED) is 0.322. The van der Waals surface area contributed by atoms with Gasteiger partial charge in [0.25, 0.3) is 6.71 Å². The predicted octanol–water partition coefficient (Wildman–Crippen LogP) is 5.06. The summed E-state index contributed by atoms with van der Waals surface area (Å²) < 4.78 is 11.2. The lowest BCUT2D eigenvalue weighted by Gasteiger charge is -2.33. The van der Waals surface area contributed by atoms with Crippen LogP contribution in [0.5, 0.6) is 11.5 Å². The number of nitrogens with zero attached hydrogens (tertiary/aromatic N) is 3. The van der Waals surface area contributed by atoms with Gasteiger partial charge in [-0.05, 0) is 46.7 Å². The Morgan fingerprint density at radius 1 is 0.667 bits per heavy atom. The van der Waals surface area contributed by atoms with E-state index in [0.717, 1.165) is 28.4 Å². The van der Waals surface area contributed by atoms with Crippen molar-refractivity contribution in [3.8, 4) is 22.9 Å². The SMILES string of the molecule is c1ccc2c(c1)Oc1cc(-n3c4ccccc4c4ccccc43)cc3c1B2c1cccc2ncn-3c12. The summed E-state index contributed by atoms with van der Waals surface area (Å²) in [5, 5.41) is 2.50. The van der Waals surface area contributed by atoms with Gasteiger partial charge in [-0.3, -0.25) is 4.57 Å². The molecule has 4 heterocycles. The van der Waals surface area contributed by atoms with Crippen LogP contribution in [-0.2, 0) is 0 Å². The van der Waals surface area contributed by atoms with Crippen molar-refractivity contribution in [3.05, 3.63) is 109 Å². The summed E-state index contributed by atoms with van der Waals surface area (Å²) in [5.41, 5.74) is 10.5. The van der Waals surface area contributed by atoms with E-state index < -0.39 is 0 Å². The van der Waals surface area contributed by atoms with Gasteiger partial charge in [-0.2, -0.15) is 0 Å². The Morgan fingerprint density at radius 3 is 2.22 bits per heavy atom. The molecule has 2 aliphatic heterocycles. The molecule has 7 aromatic rings. The summed E-state index contributed by atoms with van der Waals surface area (Å²) >= 11 is 0. The van der Waals surface area contributed by atoms with Crippen molar-refractivity contribution in [2.45, 2.75) is 0 Å². The Morgan fingerprint density at radius 2 is 1.39 bits per heavy atom. The highest BCUT2D eigenvalue weighted by molar-refractivity contribution is 6.99. The van der Waals surface area contributed by atoms with E-state index in [4.69, 9.17) is 9.72 Å². The number of fused-ring (bicyclic) bond motifs is 7. The van der Waals surface area contributed by atoms with Gasteiger partial charge < -0.3 is 9.30 Å². The monoisotopic (exact) mass is 459 g/mol. The van der Waals surface area contributed by atoms with E-state index in [1.165, 1.54) is 43.7 Å². The fourth-order valence-electron chi connectivity index (χ4n) is 6.42. The normalized spacial score (nSPS) is 13.2. The second-order valence-electron chi connectivity index (χ2n) is 9.65. The van der Waals surface area contributed by atoms with Crippen LogP contribution >= 0.6 is 0 Å². The molecular formula is C31H18BN3O. The highest BCUT2D eigenvalue weighted by Crippen LogP contribution is 2.37. The van der Waals surface area contributed by atoms with E-state index in [0.29, 0.717) is 0 Å². The van der Waals surface area contributed by atoms with Crippen molar-refractivity contribution in [1.82, 2.24) is 14.1 Å². The van der Waals surface area contributed by atoms with Gasteiger partial charge in [0.1, 0.15) is 17.8 Å². The maximum absolute atomic E-state index is 6.63. The Bertz CT molecular complexity index is 2000. The predicted molar refractivity (Wildman–Crippen MR) is 147 cm³/mol. The first kappa shape index (κ1) is 18.5. The minimum absolute atomic E-state index is 0.111. The molecule has 2 aliphatic rings. The van der Waals surface area contributed by atoms with Crippen molar-refractivity contribution in [2.75, 3.05) is 0 Å². The van der Waals surface area contributed by atoms with Gasteiger partial charge in [0.2, 0.25) is 0 Å². The number of imidazole rings is 1. The molecule has 0 spiro atoms. The Labute approximate surface area is 207 Å². The first-order valence-electron chi connectivity index (χ1n) is 12.3. The van der Waals surface area contributed by atoms with Gasteiger partial charge in [-0.1, -0.05) is 66.7 Å². The van der Waals surface area contributed by atoms with Crippen LogP contribution < -0.4 is 21.1 Å². The molecule has 0 saturated heterocycles. The van der Waals surface area contributed by atoms with E-state index in [-0.39, 0.29) is 6.71 Å². The largest absolute Gasteiger partial charge is 0.458 e. The van der Waals surface area contributed by atoms with Gasteiger partial charge in [-0.25, -0.2) is 4.98 Å². The van der Waals surface area contributed by atoms with Crippen LogP contribution in [0.4, 0.5) is 0 Å². The number of rotatable bonds is 1. The fourth-order valence-corrected chi connectivity index (χ4v) is 6.42. The molecule has 0 unspecified atom stereocenters. The van der Waals surface area contributed by atoms with E-state index in [1.807, 2.05) is 6.33 Å². The first-order valence-corrected chi connectivity index (χ1v) is 12.3. The lowest BCUT2D eigenvalue weighted by atomic mass is 9.34. The number of hydrogen-bond donors (Lipinski definition) is 0. The molecule has 9 rings (SSSR count). The molecule has 5 aromatic carbocycles. The van der Waals surface area contributed by atoms with E-state index in [1.54, 1.807) is 0 Å². The van der Waals surface area contributed by atoms with Gasteiger partial charge in [0.15, 0.2) is 0 Å². The second kappa shape index (κ2) is 6.46. The number of hydrogen-bond acceptors (Lipinski definition) is 2. The highest BCUT2D eigenvalue weighted by atomic mass is 16.5. The molecule has 2 aromatic heterocycles. The summed E-state index contributed by atoms with van der Waals surface area (Å²) in [4.78, 5) is 4.77. The first-order chi connectivity index (χ1) is 17.9. The lowest BCUT2D eigenvalue weighted by molar-refractivity contribution is 0.487. The standard InChI is InChI=1S/C31H18BN3O/c1-4-13-25-20(8-1)21-9-2-5-14-26(21)35(25)19-16-27-30-29(17-19)36-28-15-6-3-10-22(28)32(30)23-11-7-12-24-31(23)34(27)18-33-24/h1-18H. The third-order valence-electron chi connectivity index (χ3n) is 7.85. The molecule has 36 heavy (non-hydrogen) atoms. The molecule has 0 N–H and O–H groups in total. The molecule has 0 aliphatic carbocycles. The average molecular weight is 459 g/mol. The van der Waals surface area contributed by atoms with Crippen LogP contribution in [0, 0.1) is 0 Å². The second-order valence-corrected chi connectivity index (χ2v) is 9.65. The van der Waals surface area contributed by atoms with Gasteiger partial charge >= 0.3 is 0 Å². The van der Waals surface area contributed by atoms with Crippen molar-refractivity contribution >= 4 is 55.9 Å². The number of benzene rings is 5. The van der Waals surface area contributed by atoms with Crippen molar-refractivity contribution in [2.24, 2.45) is 0 Å². The topological polar surface area (TPSA) is 32.0 Å². The van der Waals surface area contributed by atoms with Gasteiger partial charge in [0.05, 0.1) is 27.8 Å². The molecule has 166 valence electrons. The molecule has 0 bridgehead atoms. The third-order valence-corrected chi connectivity index (χ3v) is 7.85. The van der Waals surface area contributed by atoms with E-state index in [9.17, 15) is 0 Å². The smallest absolute Gasteiger partial charge is 0.256 e. The number of para-hydroxylation sites is 4. The Hall–Kier alpha value is -4.77. The lowest BCUT2D eigenvalue weighted by Crippen LogP contribution is -2.58. The summed E-state index contributed by atoms with van der Waals surface area (Å²) in [6.07, 6.45) is 1.95. The molecule has 0 fully saturated rings. The van der Waals surface area contributed by atoms with Crippen molar-refractivity contribution in [1.29, 1.82) is 0 Å². The molecule has 0 amide bonds. The zero-order valence-electron chi connectivity index (χ0n) is 19.2. The minimum atomic E-state index is 0.111. The zero-order valence-corrected chi connectivity index (χ0v) is 19.2. The van der Waals surface area contributed by atoms with Crippen LogP contribution in [0.1, 0.15) is 0 Å². The zero-order chi connectivity index (χ0) is 23.4. The maximum atomic E-state index is 6.63. The van der Waals surface area contributed by atoms with Crippen molar-refractivity contribution < 1.29 is 4.74 Å². The summed E-state index contributed by atoms with van der Waals surface area (Å²) in [6, 6.07) is 36.6. The van der Waals surface area contributed by atoms with Crippen LogP contribution in [0.25, 0.3) is 44.2 Å². The maximum Gasteiger partial charge on any atom is 0.256 e. The van der Waals surface area contributed by atoms with E-state index >= 15 is 0 Å². The van der Waals surface area contributed by atoms with Crippen LogP contribution in [0.15, 0.2) is 109 Å². The number of ether oxygens (including phenoxy) is 1. The van der Waals surface area contributed by atoms with Crippen LogP contribution in [-0.4, -0.2) is 20.8 Å². The van der Waals surface area contributed by atoms with Crippen LogP contribution in [0.2, 0.25) is 0 Å². The van der Waals surface area contributed by atoms with Gasteiger partial charge in [0, 0.05) is 22.5 Å². The fraction of sp³-hybridized carbons (Fsp3) is 0. The average Bonchev–Trinajstić information content (AvgIpc) is 3.51.